The van der Waals surface area contributed by atoms with Crippen molar-refractivity contribution in [3.05, 3.63) is 93.0 Å². The summed E-state index contributed by atoms with van der Waals surface area (Å²) in [6.07, 6.45) is -8.76. The van der Waals surface area contributed by atoms with Gasteiger partial charge in [-0.15, -0.1) is 0 Å². The Morgan fingerprint density at radius 3 is 2.20 bits per heavy atom. The van der Waals surface area contributed by atoms with Gasteiger partial charge in [-0.1, -0.05) is 44.4 Å². The van der Waals surface area contributed by atoms with E-state index in [1.165, 1.54) is 36.8 Å². The van der Waals surface area contributed by atoms with Crippen molar-refractivity contribution in [1.82, 2.24) is 29.9 Å². The van der Waals surface area contributed by atoms with Gasteiger partial charge in [0.2, 0.25) is 11.8 Å². The van der Waals surface area contributed by atoms with Crippen LogP contribution in [-0.2, 0) is 52.0 Å². The zero-order valence-electron chi connectivity index (χ0n) is 36.4. The number of halogens is 11. The van der Waals surface area contributed by atoms with Crippen LogP contribution < -0.4 is 9.62 Å². The van der Waals surface area contributed by atoms with Crippen LogP contribution in [0.5, 0.6) is 0 Å². The van der Waals surface area contributed by atoms with Gasteiger partial charge in [-0.2, -0.15) is 45.3 Å². The number of pyridine rings is 1. The van der Waals surface area contributed by atoms with Crippen LogP contribution in [0.4, 0.5) is 49.7 Å². The summed E-state index contributed by atoms with van der Waals surface area (Å²) >= 11 is 7.45. The molecule has 23 heteroatoms. The lowest BCUT2D eigenvalue weighted by Crippen LogP contribution is -2.35. The van der Waals surface area contributed by atoms with E-state index in [4.69, 9.17) is 11.6 Å². The van der Waals surface area contributed by atoms with E-state index in [0.29, 0.717) is 10.7 Å². The molecule has 66 heavy (non-hydrogen) atoms. The monoisotopic (exact) mass is 993 g/mol. The Balaban J connectivity index is 0.00000403. The Labute approximate surface area is 384 Å². The molecule has 10 nitrogen and oxygen atoms in total. The smallest absolute Gasteiger partial charge is 0.346 e. The lowest BCUT2D eigenvalue weighted by Gasteiger charge is -2.23. The Hall–Kier alpha value is -5.14. The second-order valence-electron chi connectivity index (χ2n) is 15.4. The van der Waals surface area contributed by atoms with E-state index in [9.17, 15) is 48.9 Å². The Morgan fingerprint density at radius 1 is 1.02 bits per heavy atom. The van der Waals surface area contributed by atoms with E-state index >= 15 is 8.78 Å². The minimum absolute atomic E-state index is 0.0687. The molecule has 1 aliphatic rings. The standard InChI is InChI=1S/C41H36ClF10N7O3S2.C2H6/c1-20-17-39(45,46)36-31(20)35(41(50,51)52)55-57(36)18-30(61)54-29(15-22-13-23(43)16-24(44)14-22)33-26(8-7-25(53-33)11-12-38(3,4)64(6)62)27-9-10-28(42)32-34(27)58(19-40(47,48)49)56-37(32)59(63-5)21(2)60;1-2/h7-10,13-14,16,20,29H,15,17-19H2,1-6H3,(H,54,61);1-2H3/t20-,29?,64?;/m0./s1. The number of carbonyl (C=O) groups is 2. The number of alkyl halides is 8. The van der Waals surface area contributed by atoms with E-state index in [1.54, 1.807) is 13.8 Å². The normalized spacial score (nSPS) is 15.6. The average molecular weight is 994 g/mol. The summed E-state index contributed by atoms with van der Waals surface area (Å²) < 4.78 is 158. The second kappa shape index (κ2) is 19.6. The van der Waals surface area contributed by atoms with E-state index in [2.05, 4.69) is 32.3 Å². The van der Waals surface area contributed by atoms with E-state index < -0.39 is 112 Å². The van der Waals surface area contributed by atoms with Crippen LogP contribution in [0, 0.1) is 23.5 Å². The van der Waals surface area contributed by atoms with Gasteiger partial charge in [0.15, 0.2) is 11.5 Å². The molecule has 3 atom stereocenters. The van der Waals surface area contributed by atoms with Crippen molar-refractivity contribution in [2.45, 2.75) is 102 Å². The van der Waals surface area contributed by atoms with Gasteiger partial charge in [0.05, 0.1) is 27.7 Å². The van der Waals surface area contributed by atoms with Crippen molar-refractivity contribution in [3.8, 4) is 23.0 Å². The van der Waals surface area contributed by atoms with Crippen LogP contribution in [0.2, 0.25) is 5.02 Å². The summed E-state index contributed by atoms with van der Waals surface area (Å²) in [7, 11) is -1.51. The van der Waals surface area contributed by atoms with Crippen molar-refractivity contribution < 1.29 is 57.7 Å². The minimum Gasteiger partial charge on any atom is -0.346 e. The summed E-state index contributed by atoms with van der Waals surface area (Å²) in [5.41, 5.74) is -4.40. The van der Waals surface area contributed by atoms with Crippen LogP contribution in [0.15, 0.2) is 42.5 Å². The molecule has 6 rings (SSSR count). The first-order chi connectivity index (χ1) is 30.6. The van der Waals surface area contributed by atoms with Crippen LogP contribution in [0.1, 0.15) is 93.8 Å². The summed E-state index contributed by atoms with van der Waals surface area (Å²) in [6, 6.07) is 6.01. The maximum atomic E-state index is 15.3. The van der Waals surface area contributed by atoms with E-state index in [-0.39, 0.29) is 54.5 Å². The number of hydrogen-bond acceptors (Lipinski definition) is 7. The van der Waals surface area contributed by atoms with Crippen LogP contribution in [0.3, 0.4) is 0 Å². The molecule has 1 aliphatic carbocycles. The highest BCUT2D eigenvalue weighted by Crippen LogP contribution is 2.52. The fourth-order valence-electron chi connectivity index (χ4n) is 7.39. The first-order valence-electron chi connectivity index (χ1n) is 19.9. The predicted octanol–water partition coefficient (Wildman–Crippen LogP) is 10.7. The van der Waals surface area contributed by atoms with Crippen molar-refractivity contribution in [3.63, 3.8) is 0 Å². The molecule has 0 radical (unpaired) electrons. The Bertz CT molecular complexity index is 2740. The van der Waals surface area contributed by atoms with Crippen LogP contribution in [-0.4, -0.2) is 64.0 Å². The maximum Gasteiger partial charge on any atom is 0.435 e. The molecule has 2 amide bonds. The highest BCUT2D eigenvalue weighted by atomic mass is 35.5. The zero-order valence-corrected chi connectivity index (χ0v) is 38.8. The first kappa shape index (κ1) is 51.8. The molecule has 0 saturated carbocycles. The van der Waals surface area contributed by atoms with Gasteiger partial charge in [-0.05, 0) is 79.9 Å². The summed E-state index contributed by atoms with van der Waals surface area (Å²) in [6.45, 7) is 6.51. The quantitative estimate of drug-likeness (QED) is 0.0796. The molecule has 3 heterocycles. The Kier molecular flexibility index (Phi) is 15.4. The number of carbonyl (C=O) groups excluding carboxylic acids is 2. The first-order valence-corrected chi connectivity index (χ1v) is 23.0. The van der Waals surface area contributed by atoms with Gasteiger partial charge in [-0.3, -0.25) is 23.2 Å². The predicted molar refractivity (Wildman–Crippen MR) is 232 cm³/mol. The van der Waals surface area contributed by atoms with Crippen molar-refractivity contribution >= 4 is 62.9 Å². The van der Waals surface area contributed by atoms with Gasteiger partial charge in [0, 0.05) is 59.4 Å². The SMILES string of the molecule is CC.CSN(C(C)=O)c1nn(CC(F)(F)F)c2c(-c3ccc(C#CC(C)(C)S(C)=O)nc3C(Cc3cc(F)cc(F)c3)NC(=O)Cn3nc(C(F)(F)F)c4c3C(F)(F)C[C@@H]4C)ccc(Cl)c12. The van der Waals surface area contributed by atoms with Gasteiger partial charge in [0.1, 0.15) is 40.9 Å². The molecule has 2 unspecified atom stereocenters. The summed E-state index contributed by atoms with van der Waals surface area (Å²) in [5.74, 6) is -3.76. The molecular formula is C43H42ClF10N7O3S2. The third kappa shape index (κ3) is 11.2. The largest absolute Gasteiger partial charge is 0.435 e. The van der Waals surface area contributed by atoms with Crippen molar-refractivity contribution in [1.29, 1.82) is 0 Å². The number of nitrogens with zero attached hydrogens (tertiary/aromatic N) is 6. The topological polar surface area (TPSA) is 115 Å². The van der Waals surface area contributed by atoms with Crippen LogP contribution in [0.25, 0.3) is 22.0 Å². The average Bonchev–Trinajstić information content (AvgIpc) is 3.84. The van der Waals surface area contributed by atoms with Gasteiger partial charge in [0.25, 0.3) is 5.92 Å². The molecule has 0 aliphatic heterocycles. The lowest BCUT2D eigenvalue weighted by atomic mass is 9.93. The number of anilines is 1. The molecular weight excluding hydrogens is 952 g/mol. The van der Waals surface area contributed by atoms with Gasteiger partial charge in [-0.25, -0.2) is 18.1 Å². The summed E-state index contributed by atoms with van der Waals surface area (Å²) in [5, 5.41) is 9.80. The molecule has 0 spiro atoms. The van der Waals surface area contributed by atoms with Gasteiger partial charge < -0.3 is 5.32 Å². The number of fused-ring (bicyclic) bond motifs is 2. The number of nitrogens with one attached hydrogen (secondary N) is 1. The molecule has 356 valence electrons. The number of amides is 2. The number of benzene rings is 2. The minimum atomic E-state index is -5.18. The third-order valence-electron chi connectivity index (χ3n) is 10.2. The number of aromatic nitrogens is 5. The van der Waals surface area contributed by atoms with Crippen molar-refractivity contribution in [2.24, 2.45) is 0 Å². The molecule has 3 aromatic heterocycles. The van der Waals surface area contributed by atoms with Gasteiger partial charge >= 0.3 is 12.4 Å². The molecule has 1 N–H and O–H groups in total. The molecule has 0 saturated heterocycles. The third-order valence-corrected chi connectivity index (χ3v) is 12.9. The maximum absolute atomic E-state index is 15.3. The highest BCUT2D eigenvalue weighted by Gasteiger charge is 2.53. The van der Waals surface area contributed by atoms with E-state index in [0.717, 1.165) is 42.2 Å². The van der Waals surface area contributed by atoms with Crippen molar-refractivity contribution in [2.75, 3.05) is 16.8 Å². The molecule has 2 aromatic carbocycles. The fraction of sp³-hybridized carbons (Fsp3) is 0.419. The summed E-state index contributed by atoms with van der Waals surface area (Å²) in [4.78, 5) is 31.4. The molecule has 0 fully saturated rings. The van der Waals surface area contributed by atoms with E-state index in [1.807, 2.05) is 13.8 Å². The van der Waals surface area contributed by atoms with Crippen LogP contribution >= 0.6 is 23.5 Å². The number of rotatable bonds is 11. The molecule has 5 aromatic rings. The lowest BCUT2D eigenvalue weighted by molar-refractivity contribution is -0.143. The number of hydrogen-bond donors (Lipinski definition) is 1. The fourth-order valence-corrected chi connectivity index (χ4v) is 8.38. The highest BCUT2D eigenvalue weighted by molar-refractivity contribution is 8.00. The Morgan fingerprint density at radius 2 is 1.64 bits per heavy atom. The second-order valence-corrected chi connectivity index (χ2v) is 18.5. The molecule has 0 bridgehead atoms. The zero-order chi connectivity index (χ0) is 49.4.